The van der Waals surface area contributed by atoms with E-state index in [9.17, 15) is 0 Å². The zero-order valence-electron chi connectivity index (χ0n) is 13.6. The van der Waals surface area contributed by atoms with Crippen LogP contribution in [0.2, 0.25) is 10.0 Å². The fourth-order valence-corrected chi connectivity index (χ4v) is 3.44. The molecule has 1 aliphatic rings. The van der Waals surface area contributed by atoms with Crippen molar-refractivity contribution < 1.29 is 9.36 Å². The Morgan fingerprint density at radius 2 is 1.96 bits per heavy atom. The molecule has 0 bridgehead atoms. The number of hydroxylamine groups is 1. The maximum Gasteiger partial charge on any atom is 0.185 e. The first-order valence-corrected chi connectivity index (χ1v) is 8.39. The van der Waals surface area contributed by atoms with Gasteiger partial charge in [0.15, 0.2) is 17.3 Å². The van der Waals surface area contributed by atoms with Crippen LogP contribution < -0.4 is 10.8 Å². The molecule has 0 atom stereocenters. The number of nitrogens with zero attached hydrogens (tertiary/aromatic N) is 4. The van der Waals surface area contributed by atoms with Crippen LogP contribution in [0.25, 0.3) is 23.2 Å². The molecule has 3 aromatic rings. The Balaban J connectivity index is 1.89. The van der Waals surface area contributed by atoms with Crippen LogP contribution >= 0.6 is 23.2 Å². The Bertz CT molecular complexity index is 984. The number of anilines is 2. The highest BCUT2D eigenvalue weighted by Gasteiger charge is 2.26. The highest BCUT2D eigenvalue weighted by molar-refractivity contribution is 6.38. The van der Waals surface area contributed by atoms with Gasteiger partial charge in [-0.25, -0.2) is 15.0 Å². The number of aromatic nitrogens is 3. The number of benzene rings is 1. The molecule has 0 saturated heterocycles. The summed E-state index contributed by atoms with van der Waals surface area (Å²) < 4.78 is 4.85. The lowest BCUT2D eigenvalue weighted by atomic mass is 10.00. The van der Waals surface area contributed by atoms with Crippen LogP contribution in [-0.4, -0.2) is 28.8 Å². The lowest BCUT2D eigenvalue weighted by Crippen LogP contribution is -2.29. The van der Waals surface area contributed by atoms with Crippen molar-refractivity contribution in [1.29, 1.82) is 0 Å². The molecule has 1 aliphatic heterocycles. The summed E-state index contributed by atoms with van der Waals surface area (Å²) in [6, 6.07) is 7.01. The van der Waals surface area contributed by atoms with Gasteiger partial charge >= 0.3 is 0 Å². The van der Waals surface area contributed by atoms with Crippen molar-refractivity contribution >= 4 is 46.5 Å². The number of hydrogen-bond donors (Lipinski definition) is 1. The first-order valence-electron chi connectivity index (χ1n) is 7.63. The minimum Gasteiger partial charge on any atom is -0.383 e. The smallest absolute Gasteiger partial charge is 0.185 e. The Hall–Kier alpha value is -2.61. The SMILES string of the molecule is CON1CC(c2c(Cl)cccc2Cl)=Cc2c(N)nc(-c3ccon3)nc21. The Morgan fingerprint density at radius 1 is 1.19 bits per heavy atom. The van der Waals surface area contributed by atoms with Gasteiger partial charge in [0.25, 0.3) is 0 Å². The quantitative estimate of drug-likeness (QED) is 0.724. The van der Waals surface area contributed by atoms with Gasteiger partial charge in [-0.15, -0.1) is 0 Å². The normalized spacial score (nSPS) is 13.5. The molecule has 0 radical (unpaired) electrons. The van der Waals surface area contributed by atoms with E-state index in [1.54, 1.807) is 36.4 Å². The number of fused-ring (bicyclic) bond motifs is 1. The zero-order chi connectivity index (χ0) is 18.3. The molecule has 3 heterocycles. The van der Waals surface area contributed by atoms with Crippen LogP contribution in [0.15, 0.2) is 35.1 Å². The van der Waals surface area contributed by atoms with Gasteiger partial charge < -0.3 is 10.3 Å². The van der Waals surface area contributed by atoms with Crippen molar-refractivity contribution in [3.8, 4) is 11.5 Å². The summed E-state index contributed by atoms with van der Waals surface area (Å²) in [6.07, 6.45) is 3.32. The number of halogens is 2. The maximum atomic E-state index is 6.35. The highest BCUT2D eigenvalue weighted by Crippen LogP contribution is 2.39. The van der Waals surface area contributed by atoms with Crippen LogP contribution in [0.3, 0.4) is 0 Å². The lowest BCUT2D eigenvalue weighted by Gasteiger charge is -2.29. The van der Waals surface area contributed by atoms with Gasteiger partial charge in [0.05, 0.1) is 19.2 Å². The molecule has 26 heavy (non-hydrogen) atoms. The van der Waals surface area contributed by atoms with Gasteiger partial charge in [-0.3, -0.25) is 4.84 Å². The average Bonchev–Trinajstić information content (AvgIpc) is 3.16. The number of nitrogens with two attached hydrogens (primary N) is 1. The molecule has 9 heteroatoms. The molecule has 1 aromatic carbocycles. The van der Waals surface area contributed by atoms with Crippen molar-refractivity contribution in [2.75, 3.05) is 24.5 Å². The predicted octanol–water partition coefficient (Wildman–Crippen LogP) is 3.94. The van der Waals surface area contributed by atoms with Crippen LogP contribution in [-0.2, 0) is 4.84 Å². The Kier molecular flexibility index (Phi) is 4.28. The predicted molar refractivity (Wildman–Crippen MR) is 101 cm³/mol. The third-order valence-corrected chi connectivity index (χ3v) is 4.62. The third-order valence-electron chi connectivity index (χ3n) is 3.99. The molecule has 0 saturated carbocycles. The van der Waals surface area contributed by atoms with Crippen molar-refractivity contribution in [3.05, 3.63) is 51.7 Å². The molecule has 0 spiro atoms. The largest absolute Gasteiger partial charge is 0.383 e. The second-order valence-corrected chi connectivity index (χ2v) is 6.35. The zero-order valence-corrected chi connectivity index (χ0v) is 15.1. The van der Waals surface area contributed by atoms with Gasteiger partial charge in [-0.2, -0.15) is 0 Å². The molecule has 4 rings (SSSR count). The van der Waals surface area contributed by atoms with Gasteiger partial charge in [0.1, 0.15) is 12.1 Å². The molecule has 0 fully saturated rings. The molecule has 2 aromatic heterocycles. The maximum absolute atomic E-state index is 6.35. The summed E-state index contributed by atoms with van der Waals surface area (Å²) in [7, 11) is 1.55. The van der Waals surface area contributed by atoms with Gasteiger partial charge in [-0.1, -0.05) is 34.4 Å². The second kappa shape index (κ2) is 6.60. The molecule has 0 unspecified atom stereocenters. The molecule has 2 N–H and O–H groups in total. The van der Waals surface area contributed by atoms with Crippen molar-refractivity contribution in [3.63, 3.8) is 0 Å². The van der Waals surface area contributed by atoms with E-state index in [0.29, 0.717) is 39.5 Å². The van der Waals surface area contributed by atoms with E-state index in [1.165, 1.54) is 6.26 Å². The van der Waals surface area contributed by atoms with Crippen LogP contribution in [0, 0.1) is 0 Å². The van der Waals surface area contributed by atoms with E-state index in [2.05, 4.69) is 15.1 Å². The van der Waals surface area contributed by atoms with E-state index in [-0.39, 0.29) is 5.82 Å². The fourth-order valence-electron chi connectivity index (χ4n) is 2.80. The number of rotatable bonds is 3. The molecule has 0 aliphatic carbocycles. The standard InChI is InChI=1S/C17H13Cl2N5O2/c1-25-24-8-9(14-11(18)3-2-4-12(14)19)7-10-15(20)21-16(22-17(10)24)13-5-6-26-23-13/h2-7H,8H2,1H3,(H2,20,21,22). The molecular formula is C17H13Cl2N5O2. The van der Waals surface area contributed by atoms with E-state index in [0.717, 1.165) is 11.1 Å². The van der Waals surface area contributed by atoms with Crippen molar-refractivity contribution in [2.24, 2.45) is 0 Å². The molecule has 0 amide bonds. The lowest BCUT2D eigenvalue weighted by molar-refractivity contribution is 0.173. The van der Waals surface area contributed by atoms with Crippen LogP contribution in [0.5, 0.6) is 0 Å². The van der Waals surface area contributed by atoms with Crippen molar-refractivity contribution in [2.45, 2.75) is 0 Å². The van der Waals surface area contributed by atoms with E-state index in [4.69, 9.17) is 38.3 Å². The minimum atomic E-state index is 0.287. The summed E-state index contributed by atoms with van der Waals surface area (Å²) >= 11 is 12.7. The summed E-state index contributed by atoms with van der Waals surface area (Å²) in [5, 5.41) is 6.54. The summed E-state index contributed by atoms with van der Waals surface area (Å²) in [4.78, 5) is 14.3. The van der Waals surface area contributed by atoms with Crippen LogP contribution in [0.1, 0.15) is 11.1 Å². The van der Waals surface area contributed by atoms with Gasteiger partial charge in [0, 0.05) is 21.7 Å². The molecule has 7 nitrogen and oxygen atoms in total. The number of hydrogen-bond acceptors (Lipinski definition) is 7. The highest BCUT2D eigenvalue weighted by atomic mass is 35.5. The minimum absolute atomic E-state index is 0.287. The second-order valence-electron chi connectivity index (χ2n) is 5.54. The summed E-state index contributed by atoms with van der Waals surface area (Å²) in [6.45, 7) is 0.391. The van der Waals surface area contributed by atoms with Crippen molar-refractivity contribution in [1.82, 2.24) is 15.1 Å². The Morgan fingerprint density at radius 3 is 2.62 bits per heavy atom. The summed E-state index contributed by atoms with van der Waals surface area (Å²) in [5.74, 6) is 1.17. The first-order chi connectivity index (χ1) is 12.6. The summed E-state index contributed by atoms with van der Waals surface area (Å²) in [5.41, 5.74) is 8.86. The monoisotopic (exact) mass is 389 g/mol. The first kappa shape index (κ1) is 16.8. The average molecular weight is 390 g/mol. The fraction of sp³-hybridized carbons (Fsp3) is 0.118. The van der Waals surface area contributed by atoms with E-state index in [1.807, 2.05) is 6.08 Å². The topological polar surface area (TPSA) is 90.3 Å². The Labute approximate surface area is 158 Å². The van der Waals surface area contributed by atoms with E-state index < -0.39 is 0 Å². The van der Waals surface area contributed by atoms with E-state index >= 15 is 0 Å². The van der Waals surface area contributed by atoms with Crippen LogP contribution in [0.4, 0.5) is 11.6 Å². The molecule has 132 valence electrons. The van der Waals surface area contributed by atoms with Gasteiger partial charge in [0.2, 0.25) is 0 Å². The molecular weight excluding hydrogens is 377 g/mol. The van der Waals surface area contributed by atoms with Gasteiger partial charge in [-0.05, 0) is 23.8 Å². The number of nitrogen functional groups attached to an aromatic ring is 1. The third kappa shape index (κ3) is 2.80.